The number of aliphatic hydroxyl groups excluding tert-OH is 4. The van der Waals surface area contributed by atoms with Crippen molar-refractivity contribution in [1.82, 2.24) is 34.1 Å². The van der Waals surface area contributed by atoms with Gasteiger partial charge in [0.1, 0.15) is 45.7 Å². The van der Waals surface area contributed by atoms with E-state index in [1.807, 2.05) is 0 Å². The highest BCUT2D eigenvalue weighted by molar-refractivity contribution is 8.54. The predicted molar refractivity (Wildman–Crippen MR) is 164 cm³/mol. The molecule has 0 radical (unpaired) electrons. The summed E-state index contributed by atoms with van der Waals surface area (Å²) in [5.41, 5.74) is 9.94. The molecule has 2 aliphatic heterocycles. The Morgan fingerprint density at radius 2 is 1.71 bits per heavy atom. The van der Waals surface area contributed by atoms with Gasteiger partial charge in [0.15, 0.2) is 36.0 Å². The average molecular weight is 814 g/mol. The Morgan fingerprint density at radius 3 is 2.42 bits per heavy atom. The summed E-state index contributed by atoms with van der Waals surface area (Å²) in [6.07, 6.45) is -10.6. The van der Waals surface area contributed by atoms with Crippen molar-refractivity contribution in [3.8, 4) is 5.88 Å². The van der Waals surface area contributed by atoms with Gasteiger partial charge >= 0.3 is 5.65 Å². The monoisotopic (exact) mass is 813 g/mol. The van der Waals surface area contributed by atoms with E-state index in [2.05, 4.69) is 33.8 Å². The van der Waals surface area contributed by atoms with Crippen molar-refractivity contribution in [2.45, 2.75) is 49.1 Å². The van der Waals surface area contributed by atoms with Crippen LogP contribution < -0.4 is 41.4 Å². The molecule has 0 aliphatic carbocycles. The third-order valence-electron chi connectivity index (χ3n) is 7.82. The number of nitrogens with one attached hydrogen (secondary N) is 1. The molecular weight excluding hydrogens is 785 g/mol. The van der Waals surface area contributed by atoms with Gasteiger partial charge in [0.05, 0.1) is 32.0 Å². The van der Waals surface area contributed by atoms with Gasteiger partial charge < -0.3 is 74.8 Å². The number of nitrogens with zero attached hydrogens (tertiary/aromatic N) is 7. The lowest BCUT2D eigenvalue weighted by atomic mass is 10.1. The number of imidazole rings is 2. The van der Waals surface area contributed by atoms with E-state index in [4.69, 9.17) is 20.9 Å². The maximum atomic E-state index is 12.6. The molecule has 0 saturated carbocycles. The van der Waals surface area contributed by atoms with Gasteiger partial charge in [-0.05, 0) is 0 Å². The van der Waals surface area contributed by atoms with Crippen molar-refractivity contribution in [1.29, 1.82) is 0 Å². The molecule has 0 amide bonds. The lowest BCUT2D eigenvalue weighted by Gasteiger charge is -2.35. The molecule has 9 N–H and O–H groups in total. The number of ether oxygens (including phenoxy) is 2. The first-order valence-electron chi connectivity index (χ1n) is 14.5. The molecule has 0 bridgehead atoms. The Bertz CT molecular complexity index is 2220. The van der Waals surface area contributed by atoms with Crippen LogP contribution in [0.5, 0.6) is 5.88 Å². The van der Waals surface area contributed by atoms with Crippen molar-refractivity contribution >= 4 is 67.6 Å². The van der Waals surface area contributed by atoms with Crippen LogP contribution in [0.15, 0.2) is 17.4 Å². The minimum atomic E-state index is -5.78. The molecule has 2 fully saturated rings. The van der Waals surface area contributed by atoms with Crippen LogP contribution in [-0.4, -0.2) is 109 Å². The van der Waals surface area contributed by atoms with Gasteiger partial charge in [-0.25, -0.2) is 14.5 Å². The molecule has 4 aromatic heterocycles. The number of fused-ring (bicyclic) bond motifs is 2. The van der Waals surface area contributed by atoms with E-state index in [0.29, 0.717) is 0 Å². The molecule has 2 aliphatic rings. The van der Waals surface area contributed by atoms with E-state index in [9.17, 15) is 58.7 Å². The molecule has 11 atom stereocenters. The third kappa shape index (κ3) is 7.62. The highest BCUT2D eigenvalue weighted by Crippen LogP contribution is 2.66. The first-order valence-corrected chi connectivity index (χ1v) is 21.1. The van der Waals surface area contributed by atoms with E-state index in [0.717, 1.165) is 15.5 Å². The minimum absolute atomic E-state index is 0.0278. The van der Waals surface area contributed by atoms with Crippen LogP contribution in [0, 0.1) is 0 Å². The van der Waals surface area contributed by atoms with Gasteiger partial charge in [-0.2, -0.15) is 4.98 Å². The van der Waals surface area contributed by atoms with Crippen LogP contribution in [0.4, 0.5) is 11.9 Å². The van der Waals surface area contributed by atoms with E-state index in [1.165, 1.54) is 17.9 Å². The van der Waals surface area contributed by atoms with Crippen molar-refractivity contribution < 1.29 is 76.8 Å². The Labute approximate surface area is 292 Å². The summed E-state index contributed by atoms with van der Waals surface area (Å²) in [5, 5.41) is 54.4. The van der Waals surface area contributed by atoms with Gasteiger partial charge in [0, 0.05) is 11.6 Å². The Hall–Kier alpha value is -3.10. The minimum Gasteiger partial charge on any atom is -0.856 e. The molecule has 52 heavy (non-hydrogen) atoms. The van der Waals surface area contributed by atoms with Crippen molar-refractivity contribution in [2.75, 3.05) is 29.7 Å². The number of aromatic nitrogens is 8. The van der Waals surface area contributed by atoms with Gasteiger partial charge in [0.25, 0.3) is 11.5 Å². The summed E-state index contributed by atoms with van der Waals surface area (Å²) in [6, 6.07) is 0. The lowest BCUT2D eigenvalue weighted by molar-refractivity contribution is -0.745. The number of anilines is 2. The van der Waals surface area contributed by atoms with E-state index >= 15 is 0 Å². The number of aliphatic hydroxyl groups is 4. The first kappa shape index (κ1) is 38.6. The number of rotatable bonds is 12. The molecule has 5 unspecified atom stereocenters. The fourth-order valence-electron chi connectivity index (χ4n) is 5.54. The topological polar surface area (TPSA) is 411 Å². The van der Waals surface area contributed by atoms with Crippen molar-refractivity contribution in [3.05, 3.63) is 23.0 Å². The van der Waals surface area contributed by atoms with Crippen LogP contribution in [0.2, 0.25) is 0 Å². The molecule has 286 valence electrons. The number of nitrogen functional groups attached to an aromatic ring is 2. The number of H-pyrrole nitrogens is 1. The summed E-state index contributed by atoms with van der Waals surface area (Å²) in [4.78, 5) is 67.1. The Balaban J connectivity index is 1.04. The quantitative estimate of drug-likeness (QED) is 0.0517. The lowest BCUT2D eigenvalue weighted by Crippen LogP contribution is -2.46. The second-order valence-corrected chi connectivity index (χ2v) is 19.6. The number of aromatic amines is 1. The summed E-state index contributed by atoms with van der Waals surface area (Å²) >= 11 is -0.175. The normalized spacial score (nSPS) is 30.1. The molecule has 6 rings (SSSR count). The number of aryl methyl sites for hydroxylation is 1. The summed E-state index contributed by atoms with van der Waals surface area (Å²) in [6.45, 7) is -6.54. The highest BCUT2D eigenvalue weighted by atomic mass is 32.7. The standard InChI is InChI=1S/C22H31N10O16P3S/c1-30-5-32(16-10(30)18(38)29-22(24)27-16)20-14(36)12(34)8(47-20)3-52-51(43,44)48-50(41,42)6-49(39,40)45-2-7-11(33)13(35)19(46-7)31-4-25-9-15(31)26-21(23)28-17(9)37/h4-5,7-8,11-14,19-20,33-36H,2-3,6H2,1H3,(H8-,23,24,26,27,28,29,37,38,39,40,41,42,43,44)/p-3/t7-,8-,11+,12?,13?,14+,19-,20-/m1/s1. The van der Waals surface area contributed by atoms with Crippen LogP contribution >= 0.6 is 33.4 Å². The van der Waals surface area contributed by atoms with Gasteiger partial charge in [-0.15, -0.1) is 0 Å². The summed E-state index contributed by atoms with van der Waals surface area (Å²) < 4.78 is 61.1. The van der Waals surface area contributed by atoms with E-state index in [-0.39, 0.29) is 39.7 Å². The molecule has 2 saturated heterocycles. The zero-order valence-corrected chi connectivity index (χ0v) is 29.6. The maximum absolute atomic E-state index is 12.6. The smallest absolute Gasteiger partial charge is 0.309 e. The molecule has 6 heterocycles. The van der Waals surface area contributed by atoms with E-state index in [1.54, 1.807) is 0 Å². The predicted octanol–water partition coefficient (Wildman–Crippen LogP) is -5.84. The first-order chi connectivity index (χ1) is 24.2. The highest BCUT2D eigenvalue weighted by Gasteiger charge is 2.48. The largest absolute Gasteiger partial charge is 0.856 e. The molecule has 0 aromatic carbocycles. The van der Waals surface area contributed by atoms with Crippen molar-refractivity contribution in [2.24, 2.45) is 7.05 Å². The zero-order valence-electron chi connectivity index (χ0n) is 26.1. The number of hydrogen-bond acceptors (Lipinski definition) is 23. The second kappa shape index (κ2) is 14.0. The van der Waals surface area contributed by atoms with Crippen molar-refractivity contribution in [3.63, 3.8) is 0 Å². The molecule has 0 spiro atoms. The molecular formula is C22H28N10O16P3S-3. The van der Waals surface area contributed by atoms with E-state index < -0.39 is 107 Å². The molecule has 30 heteroatoms. The second-order valence-electron chi connectivity index (χ2n) is 11.5. The fourth-order valence-corrected chi connectivity index (χ4v) is 13.0. The maximum Gasteiger partial charge on any atom is 0.309 e. The van der Waals surface area contributed by atoms with Crippen LogP contribution in [0.25, 0.3) is 22.3 Å². The van der Waals surface area contributed by atoms with Crippen LogP contribution in [-0.2, 0) is 39.1 Å². The average Bonchev–Trinajstić information content (AvgIpc) is 3.74. The zero-order chi connectivity index (χ0) is 38.1. The number of hydrogen-bond donors (Lipinski definition) is 7. The summed E-state index contributed by atoms with van der Waals surface area (Å²) in [7, 11) is -9.80. The van der Waals surface area contributed by atoms with Gasteiger partial charge in [-0.3, -0.25) is 27.8 Å². The Morgan fingerprint density at radius 1 is 1.02 bits per heavy atom. The summed E-state index contributed by atoms with van der Waals surface area (Å²) in [5.74, 6) is -4.13. The van der Waals surface area contributed by atoms with Crippen LogP contribution in [0.1, 0.15) is 12.5 Å². The number of nitrogens with two attached hydrogens (primary N) is 2. The fraction of sp³-hybridized carbons (Fsp3) is 0.545. The molecule has 26 nitrogen and oxygen atoms in total. The molecule has 4 aromatic rings. The van der Waals surface area contributed by atoms with Gasteiger partial charge in [-0.1, -0.05) is 16.4 Å². The van der Waals surface area contributed by atoms with Gasteiger partial charge in [0.2, 0.25) is 12.2 Å². The van der Waals surface area contributed by atoms with Crippen LogP contribution in [0.3, 0.4) is 0 Å². The Kier molecular flexibility index (Phi) is 10.4. The third-order valence-corrected chi connectivity index (χ3v) is 15.7. The SMILES string of the molecule is Cn1c[n+]([C@@H]2O[C@H](CSP(=O)([O-])OP(=O)([O-])CP(=O)([O-])OC[C@H]3O[C@@H](n4cnc5c(=O)[nH]c(N)nc54)C(O)[C@H]3O)C(O)[C@@H]2O)c2nc(N)nc([O-])c21.